The van der Waals surface area contributed by atoms with Gasteiger partial charge in [0.25, 0.3) is 0 Å². The predicted octanol–water partition coefficient (Wildman–Crippen LogP) is 0.731. The Bertz CT molecular complexity index is 277. The molecule has 1 rings (SSSR count). The van der Waals surface area contributed by atoms with Crippen LogP contribution in [0.25, 0.3) is 0 Å². The van der Waals surface area contributed by atoms with Crippen molar-refractivity contribution in [3.63, 3.8) is 0 Å². The van der Waals surface area contributed by atoms with E-state index in [0.717, 1.165) is 19.3 Å². The largest absolute Gasteiger partial charge is 0.481 e. The molecule has 5 nitrogen and oxygen atoms in total. The summed E-state index contributed by atoms with van der Waals surface area (Å²) in [6, 6.07) is -0.187. The maximum absolute atomic E-state index is 11.6. The zero-order chi connectivity index (χ0) is 12.8. The van der Waals surface area contributed by atoms with Crippen LogP contribution in [-0.4, -0.2) is 29.6 Å². The van der Waals surface area contributed by atoms with Crippen molar-refractivity contribution in [1.29, 1.82) is 0 Å². The summed E-state index contributed by atoms with van der Waals surface area (Å²) in [5.74, 6) is -0.206. The zero-order valence-electron chi connectivity index (χ0n) is 10.3. The SMILES string of the molecule is CC(CN)CCC(=O)NC(CC(=O)O)C1CC1. The van der Waals surface area contributed by atoms with Crippen LogP contribution >= 0.6 is 0 Å². The molecule has 2 unspecified atom stereocenters. The summed E-state index contributed by atoms with van der Waals surface area (Å²) in [6.45, 7) is 2.58. The minimum absolute atomic E-state index is 0.0306. The molecule has 1 saturated carbocycles. The lowest BCUT2D eigenvalue weighted by Gasteiger charge is -2.16. The van der Waals surface area contributed by atoms with E-state index in [0.29, 0.717) is 24.8 Å². The van der Waals surface area contributed by atoms with Crippen LogP contribution in [0.4, 0.5) is 0 Å². The van der Waals surface area contributed by atoms with Gasteiger partial charge in [0, 0.05) is 12.5 Å². The molecule has 1 fully saturated rings. The molecular weight excluding hydrogens is 220 g/mol. The maximum atomic E-state index is 11.6. The van der Waals surface area contributed by atoms with E-state index in [4.69, 9.17) is 10.8 Å². The first-order valence-electron chi connectivity index (χ1n) is 6.24. The molecule has 1 aliphatic rings. The Morgan fingerprint density at radius 1 is 1.47 bits per heavy atom. The molecular formula is C12H22N2O3. The van der Waals surface area contributed by atoms with Crippen LogP contribution in [0.3, 0.4) is 0 Å². The first kappa shape index (κ1) is 14.0. The molecule has 5 heteroatoms. The van der Waals surface area contributed by atoms with Crippen molar-refractivity contribution in [3.05, 3.63) is 0 Å². The van der Waals surface area contributed by atoms with E-state index >= 15 is 0 Å². The number of rotatable bonds is 8. The minimum atomic E-state index is -0.850. The summed E-state index contributed by atoms with van der Waals surface area (Å²) < 4.78 is 0. The Balaban J connectivity index is 2.28. The number of carbonyl (C=O) groups excluding carboxylic acids is 1. The van der Waals surface area contributed by atoms with Gasteiger partial charge < -0.3 is 16.2 Å². The molecule has 0 aromatic rings. The lowest BCUT2D eigenvalue weighted by atomic mass is 10.0. The molecule has 0 heterocycles. The van der Waals surface area contributed by atoms with Crippen LogP contribution in [-0.2, 0) is 9.59 Å². The van der Waals surface area contributed by atoms with E-state index in [-0.39, 0.29) is 18.4 Å². The van der Waals surface area contributed by atoms with Gasteiger partial charge >= 0.3 is 5.97 Å². The summed E-state index contributed by atoms with van der Waals surface area (Å²) in [5.41, 5.74) is 5.47. The van der Waals surface area contributed by atoms with Gasteiger partial charge in [-0.25, -0.2) is 0 Å². The Morgan fingerprint density at radius 2 is 2.12 bits per heavy atom. The average Bonchev–Trinajstić information content (AvgIpc) is 3.08. The second kappa shape index (κ2) is 6.59. The third-order valence-corrected chi connectivity index (χ3v) is 3.20. The van der Waals surface area contributed by atoms with Gasteiger partial charge in [-0.05, 0) is 37.6 Å². The standard InChI is InChI=1S/C12H22N2O3/c1-8(7-13)2-5-11(15)14-10(6-12(16)17)9-3-4-9/h8-10H,2-7,13H2,1H3,(H,14,15)(H,16,17). The second-order valence-corrected chi connectivity index (χ2v) is 4.99. The molecule has 1 amide bonds. The topological polar surface area (TPSA) is 92.4 Å². The molecule has 1 aliphatic carbocycles. The third kappa shape index (κ3) is 5.68. The van der Waals surface area contributed by atoms with E-state index in [1.54, 1.807) is 0 Å². The van der Waals surface area contributed by atoms with Crippen molar-refractivity contribution in [2.45, 2.75) is 45.1 Å². The average molecular weight is 242 g/mol. The summed E-state index contributed by atoms with van der Waals surface area (Å²) in [7, 11) is 0. The number of carbonyl (C=O) groups is 2. The van der Waals surface area contributed by atoms with Crippen LogP contribution < -0.4 is 11.1 Å². The highest BCUT2D eigenvalue weighted by atomic mass is 16.4. The van der Waals surface area contributed by atoms with Gasteiger partial charge in [-0.3, -0.25) is 9.59 Å². The van der Waals surface area contributed by atoms with E-state index in [1.807, 2.05) is 6.92 Å². The van der Waals surface area contributed by atoms with Gasteiger partial charge in [-0.15, -0.1) is 0 Å². The monoisotopic (exact) mass is 242 g/mol. The van der Waals surface area contributed by atoms with Gasteiger partial charge in [0.1, 0.15) is 0 Å². The minimum Gasteiger partial charge on any atom is -0.481 e. The Kier molecular flexibility index (Phi) is 5.41. The van der Waals surface area contributed by atoms with Gasteiger partial charge in [-0.1, -0.05) is 6.92 Å². The molecule has 0 aromatic heterocycles. The molecule has 0 bridgehead atoms. The van der Waals surface area contributed by atoms with Crippen molar-refractivity contribution < 1.29 is 14.7 Å². The number of amides is 1. The Morgan fingerprint density at radius 3 is 2.59 bits per heavy atom. The smallest absolute Gasteiger partial charge is 0.305 e. The molecule has 0 spiro atoms. The summed E-state index contributed by atoms with van der Waals surface area (Å²) in [4.78, 5) is 22.3. The first-order chi connectivity index (χ1) is 8.02. The van der Waals surface area contributed by atoms with Crippen molar-refractivity contribution in [1.82, 2.24) is 5.32 Å². The van der Waals surface area contributed by atoms with Crippen molar-refractivity contribution in [3.8, 4) is 0 Å². The highest BCUT2D eigenvalue weighted by Crippen LogP contribution is 2.34. The molecule has 17 heavy (non-hydrogen) atoms. The van der Waals surface area contributed by atoms with Crippen molar-refractivity contribution in [2.24, 2.45) is 17.6 Å². The van der Waals surface area contributed by atoms with E-state index < -0.39 is 5.97 Å². The normalized spacial score (nSPS) is 18.5. The highest BCUT2D eigenvalue weighted by Gasteiger charge is 2.33. The van der Waals surface area contributed by atoms with E-state index in [2.05, 4.69) is 5.32 Å². The molecule has 2 atom stereocenters. The van der Waals surface area contributed by atoms with Crippen LogP contribution in [0.1, 0.15) is 39.0 Å². The molecule has 4 N–H and O–H groups in total. The number of carboxylic acids is 1. The maximum Gasteiger partial charge on any atom is 0.305 e. The van der Waals surface area contributed by atoms with Gasteiger partial charge in [0.15, 0.2) is 0 Å². The lowest BCUT2D eigenvalue weighted by molar-refractivity contribution is -0.137. The molecule has 98 valence electrons. The number of hydrogen-bond donors (Lipinski definition) is 3. The number of hydrogen-bond acceptors (Lipinski definition) is 3. The Hall–Kier alpha value is -1.10. The fourth-order valence-corrected chi connectivity index (χ4v) is 1.80. The first-order valence-corrected chi connectivity index (χ1v) is 6.24. The molecule has 0 saturated heterocycles. The van der Waals surface area contributed by atoms with Crippen molar-refractivity contribution in [2.75, 3.05) is 6.54 Å². The summed E-state index contributed by atoms with van der Waals surface area (Å²) >= 11 is 0. The van der Waals surface area contributed by atoms with Gasteiger partial charge in [-0.2, -0.15) is 0 Å². The lowest BCUT2D eigenvalue weighted by Crippen LogP contribution is -2.38. The summed E-state index contributed by atoms with van der Waals surface area (Å²) in [6.07, 6.45) is 3.27. The Labute approximate surface area is 102 Å². The third-order valence-electron chi connectivity index (χ3n) is 3.20. The highest BCUT2D eigenvalue weighted by molar-refractivity contribution is 5.77. The van der Waals surface area contributed by atoms with Gasteiger partial charge in [0.2, 0.25) is 5.91 Å². The fourth-order valence-electron chi connectivity index (χ4n) is 1.80. The molecule has 0 aliphatic heterocycles. The van der Waals surface area contributed by atoms with Crippen molar-refractivity contribution >= 4 is 11.9 Å². The fraction of sp³-hybridized carbons (Fsp3) is 0.833. The number of aliphatic carboxylic acids is 1. The number of nitrogens with two attached hydrogens (primary N) is 1. The second-order valence-electron chi connectivity index (χ2n) is 4.99. The van der Waals surface area contributed by atoms with Crippen LogP contribution in [0.15, 0.2) is 0 Å². The number of nitrogens with one attached hydrogen (secondary N) is 1. The zero-order valence-corrected chi connectivity index (χ0v) is 10.3. The number of carboxylic acid groups (broad SMARTS) is 1. The van der Waals surface area contributed by atoms with E-state index in [9.17, 15) is 9.59 Å². The van der Waals surface area contributed by atoms with E-state index in [1.165, 1.54) is 0 Å². The summed E-state index contributed by atoms with van der Waals surface area (Å²) in [5, 5.41) is 11.6. The van der Waals surface area contributed by atoms with Gasteiger partial charge in [0.05, 0.1) is 6.42 Å². The quantitative estimate of drug-likeness (QED) is 0.585. The predicted molar refractivity (Wildman–Crippen MR) is 64.4 cm³/mol. The van der Waals surface area contributed by atoms with Crippen LogP contribution in [0, 0.1) is 11.8 Å². The molecule has 0 aromatic carbocycles. The van der Waals surface area contributed by atoms with Crippen LogP contribution in [0.2, 0.25) is 0 Å². The molecule has 0 radical (unpaired) electrons. The van der Waals surface area contributed by atoms with Crippen LogP contribution in [0.5, 0.6) is 0 Å².